The second-order valence-electron chi connectivity index (χ2n) is 4.81. The van der Waals surface area contributed by atoms with E-state index in [1.54, 1.807) is 4.90 Å². The van der Waals surface area contributed by atoms with Gasteiger partial charge in [-0.15, -0.1) is 0 Å². The van der Waals surface area contributed by atoms with Crippen LogP contribution in [-0.4, -0.2) is 52.6 Å². The molecule has 2 rings (SSSR count). The molecule has 0 bridgehead atoms. The lowest BCUT2D eigenvalue weighted by Gasteiger charge is -2.27. The van der Waals surface area contributed by atoms with E-state index in [0.717, 1.165) is 25.9 Å². The summed E-state index contributed by atoms with van der Waals surface area (Å²) in [6.45, 7) is 4.23. The molecule has 2 saturated heterocycles. The second kappa shape index (κ2) is 4.31. The average molecular weight is 226 g/mol. The van der Waals surface area contributed by atoms with Gasteiger partial charge >= 0.3 is 12.0 Å². The largest absolute Gasteiger partial charge is 0.480 e. The molecule has 2 aliphatic rings. The lowest BCUT2D eigenvalue weighted by atomic mass is 10.2. The first kappa shape index (κ1) is 11.2. The minimum atomic E-state index is -0.877. The molecule has 0 radical (unpaired) electrons. The van der Waals surface area contributed by atoms with Gasteiger partial charge in [0.25, 0.3) is 0 Å². The summed E-state index contributed by atoms with van der Waals surface area (Å²) >= 11 is 0. The summed E-state index contributed by atoms with van der Waals surface area (Å²) in [5.41, 5.74) is 0. The van der Waals surface area contributed by atoms with E-state index in [9.17, 15) is 9.59 Å². The van der Waals surface area contributed by atoms with Crippen LogP contribution in [0, 0.1) is 5.92 Å². The number of likely N-dealkylation sites (tertiary alicyclic amines) is 2. The summed E-state index contributed by atoms with van der Waals surface area (Å²) in [5.74, 6) is -0.340. The Balaban J connectivity index is 2.01. The summed E-state index contributed by atoms with van der Waals surface area (Å²) < 4.78 is 0. The van der Waals surface area contributed by atoms with Crippen molar-refractivity contribution in [3.8, 4) is 0 Å². The molecule has 0 aromatic rings. The molecule has 0 saturated carbocycles. The number of rotatable bonds is 1. The Morgan fingerprint density at radius 2 is 2.00 bits per heavy atom. The highest BCUT2D eigenvalue weighted by Gasteiger charge is 2.37. The topological polar surface area (TPSA) is 60.9 Å². The van der Waals surface area contributed by atoms with Gasteiger partial charge in [-0.05, 0) is 25.2 Å². The number of carboxylic acids is 1. The first-order valence-corrected chi connectivity index (χ1v) is 5.88. The van der Waals surface area contributed by atoms with Crippen molar-refractivity contribution in [2.45, 2.75) is 32.2 Å². The molecule has 5 nitrogen and oxygen atoms in total. The van der Waals surface area contributed by atoms with Crippen molar-refractivity contribution in [3.63, 3.8) is 0 Å². The highest BCUT2D eigenvalue weighted by molar-refractivity contribution is 5.83. The van der Waals surface area contributed by atoms with Crippen molar-refractivity contribution in [1.82, 2.24) is 9.80 Å². The number of carbonyl (C=O) groups is 2. The zero-order valence-electron chi connectivity index (χ0n) is 9.56. The van der Waals surface area contributed by atoms with Crippen LogP contribution in [0.3, 0.4) is 0 Å². The zero-order valence-corrected chi connectivity index (χ0v) is 9.56. The fourth-order valence-corrected chi connectivity index (χ4v) is 2.54. The van der Waals surface area contributed by atoms with Crippen LogP contribution < -0.4 is 0 Å². The van der Waals surface area contributed by atoms with Crippen molar-refractivity contribution in [2.75, 3.05) is 19.6 Å². The summed E-state index contributed by atoms with van der Waals surface area (Å²) in [6, 6.07) is -0.697. The first-order valence-electron chi connectivity index (χ1n) is 5.88. The third-order valence-electron chi connectivity index (χ3n) is 3.48. The van der Waals surface area contributed by atoms with Crippen LogP contribution in [0.1, 0.15) is 26.2 Å². The molecular formula is C11H18N2O3. The van der Waals surface area contributed by atoms with E-state index in [2.05, 4.69) is 6.92 Å². The van der Waals surface area contributed by atoms with Crippen molar-refractivity contribution in [1.29, 1.82) is 0 Å². The molecule has 2 fully saturated rings. The Labute approximate surface area is 95.0 Å². The second-order valence-corrected chi connectivity index (χ2v) is 4.81. The van der Waals surface area contributed by atoms with Gasteiger partial charge in [0.05, 0.1) is 0 Å². The molecule has 1 unspecified atom stereocenters. The third kappa shape index (κ3) is 1.99. The number of nitrogens with zero attached hydrogens (tertiary/aromatic N) is 2. The monoisotopic (exact) mass is 226 g/mol. The highest BCUT2D eigenvalue weighted by atomic mass is 16.4. The third-order valence-corrected chi connectivity index (χ3v) is 3.48. The van der Waals surface area contributed by atoms with Crippen LogP contribution in [-0.2, 0) is 4.79 Å². The maximum atomic E-state index is 12.1. The molecule has 0 aromatic heterocycles. The zero-order chi connectivity index (χ0) is 11.7. The SMILES string of the molecule is CC1CCN(C(=O)N2CCC[C@@H]2C(=O)O)C1. The van der Waals surface area contributed by atoms with E-state index >= 15 is 0 Å². The van der Waals surface area contributed by atoms with E-state index in [4.69, 9.17) is 5.11 Å². The van der Waals surface area contributed by atoms with Gasteiger partial charge < -0.3 is 14.9 Å². The minimum absolute atomic E-state index is 0.0887. The van der Waals surface area contributed by atoms with Crippen LogP contribution in [0.2, 0.25) is 0 Å². The number of aliphatic carboxylic acids is 1. The number of hydrogen-bond acceptors (Lipinski definition) is 2. The smallest absolute Gasteiger partial charge is 0.326 e. The van der Waals surface area contributed by atoms with Crippen LogP contribution in [0.4, 0.5) is 4.79 Å². The average Bonchev–Trinajstić information content (AvgIpc) is 2.84. The number of carboxylic acid groups (broad SMARTS) is 1. The quantitative estimate of drug-likeness (QED) is 0.725. The number of hydrogen-bond donors (Lipinski definition) is 1. The van der Waals surface area contributed by atoms with Crippen molar-refractivity contribution in [3.05, 3.63) is 0 Å². The number of carbonyl (C=O) groups excluding carboxylic acids is 1. The molecule has 2 aliphatic heterocycles. The van der Waals surface area contributed by atoms with Crippen LogP contribution in [0.15, 0.2) is 0 Å². The van der Waals surface area contributed by atoms with Gasteiger partial charge in [-0.2, -0.15) is 0 Å². The molecule has 0 aromatic carbocycles. The van der Waals surface area contributed by atoms with Gasteiger partial charge in [0.1, 0.15) is 6.04 Å². The van der Waals surface area contributed by atoms with Gasteiger partial charge in [0.2, 0.25) is 0 Å². The van der Waals surface area contributed by atoms with Gasteiger partial charge in [-0.1, -0.05) is 6.92 Å². The van der Waals surface area contributed by atoms with E-state index in [1.165, 1.54) is 4.90 Å². The molecule has 2 amide bonds. The van der Waals surface area contributed by atoms with Crippen molar-refractivity contribution in [2.24, 2.45) is 5.92 Å². The Morgan fingerprint density at radius 3 is 2.56 bits per heavy atom. The molecule has 2 heterocycles. The Morgan fingerprint density at radius 1 is 1.25 bits per heavy atom. The fraction of sp³-hybridized carbons (Fsp3) is 0.818. The van der Waals surface area contributed by atoms with Gasteiger partial charge in [-0.25, -0.2) is 9.59 Å². The molecule has 90 valence electrons. The molecule has 0 aliphatic carbocycles. The van der Waals surface area contributed by atoms with Crippen LogP contribution >= 0.6 is 0 Å². The standard InChI is InChI=1S/C11H18N2O3/c1-8-4-6-12(7-8)11(16)13-5-2-3-9(13)10(14)15/h8-9H,2-7H2,1H3,(H,14,15)/t8?,9-/m1/s1. The Hall–Kier alpha value is -1.26. The van der Waals surface area contributed by atoms with E-state index in [-0.39, 0.29) is 6.03 Å². The lowest BCUT2D eigenvalue weighted by Crippen LogP contribution is -2.47. The maximum Gasteiger partial charge on any atom is 0.326 e. The number of amides is 2. The van der Waals surface area contributed by atoms with E-state index in [1.807, 2.05) is 0 Å². The normalized spacial score (nSPS) is 29.8. The lowest BCUT2D eigenvalue weighted by molar-refractivity contribution is -0.141. The number of urea groups is 1. The summed E-state index contributed by atoms with van der Waals surface area (Å²) in [5, 5.41) is 9.01. The summed E-state index contributed by atoms with van der Waals surface area (Å²) in [6.07, 6.45) is 2.41. The van der Waals surface area contributed by atoms with Crippen LogP contribution in [0.25, 0.3) is 0 Å². The fourth-order valence-electron chi connectivity index (χ4n) is 2.54. The Kier molecular flexibility index (Phi) is 3.03. The summed E-state index contributed by atoms with van der Waals surface area (Å²) in [7, 11) is 0. The van der Waals surface area contributed by atoms with E-state index < -0.39 is 12.0 Å². The molecule has 0 spiro atoms. The van der Waals surface area contributed by atoms with Gasteiger partial charge in [-0.3, -0.25) is 0 Å². The predicted octanol–water partition coefficient (Wildman–Crippen LogP) is 0.997. The molecule has 1 N–H and O–H groups in total. The van der Waals surface area contributed by atoms with Crippen molar-refractivity contribution < 1.29 is 14.7 Å². The van der Waals surface area contributed by atoms with Gasteiger partial charge in [0.15, 0.2) is 0 Å². The van der Waals surface area contributed by atoms with Gasteiger partial charge in [0, 0.05) is 19.6 Å². The highest BCUT2D eigenvalue weighted by Crippen LogP contribution is 2.23. The molecule has 5 heteroatoms. The molecular weight excluding hydrogens is 208 g/mol. The molecule has 2 atom stereocenters. The first-order chi connectivity index (χ1) is 7.59. The maximum absolute atomic E-state index is 12.1. The van der Waals surface area contributed by atoms with Crippen LogP contribution in [0.5, 0.6) is 0 Å². The Bertz CT molecular complexity index is 306. The predicted molar refractivity (Wildman–Crippen MR) is 58.1 cm³/mol. The minimum Gasteiger partial charge on any atom is -0.480 e. The van der Waals surface area contributed by atoms with E-state index in [0.29, 0.717) is 18.9 Å². The summed E-state index contributed by atoms with van der Waals surface area (Å²) in [4.78, 5) is 26.4. The molecule has 16 heavy (non-hydrogen) atoms. The van der Waals surface area contributed by atoms with Crippen molar-refractivity contribution >= 4 is 12.0 Å².